The van der Waals surface area contributed by atoms with Gasteiger partial charge in [-0.3, -0.25) is 4.79 Å². The maximum absolute atomic E-state index is 11.5. The zero-order valence-electron chi connectivity index (χ0n) is 11.2. The molecule has 0 radical (unpaired) electrons. The van der Waals surface area contributed by atoms with Crippen LogP contribution in [0.25, 0.3) is 0 Å². The molecule has 0 spiro atoms. The van der Waals surface area contributed by atoms with E-state index in [0.717, 1.165) is 0 Å². The molecule has 11 heteroatoms. The van der Waals surface area contributed by atoms with Crippen LogP contribution in [-0.2, 0) is 24.2 Å². The topological polar surface area (TPSA) is 86.3 Å². The molecule has 0 bridgehead atoms. The zero-order chi connectivity index (χ0) is 16.3. The first-order chi connectivity index (χ1) is 8.79. The van der Waals surface area contributed by atoms with Gasteiger partial charge in [0.25, 0.3) is 0 Å². The Bertz CT molecular complexity index is 558. The minimum atomic E-state index is -6.09. The van der Waals surface area contributed by atoms with E-state index >= 15 is 0 Å². The van der Waals surface area contributed by atoms with Crippen molar-refractivity contribution in [3.05, 3.63) is 18.2 Å². The summed E-state index contributed by atoms with van der Waals surface area (Å²) >= 11 is 0. The molecule has 1 amide bonds. The molecule has 1 rings (SSSR count). The molecule has 0 saturated heterocycles. The first-order valence-corrected chi connectivity index (χ1v) is 6.44. The highest BCUT2D eigenvalue weighted by atomic mass is 32.2. The van der Waals surface area contributed by atoms with Gasteiger partial charge in [-0.1, -0.05) is 0 Å². The van der Waals surface area contributed by atoms with Gasteiger partial charge in [-0.05, 0) is 0 Å². The molecule has 1 aromatic rings. The molecule has 1 heterocycles. The average molecular weight is 317 g/mol. The maximum Gasteiger partial charge on any atom is 0.485 e. The van der Waals surface area contributed by atoms with E-state index in [-0.39, 0.29) is 5.91 Å². The third kappa shape index (κ3) is 4.81. The van der Waals surface area contributed by atoms with E-state index in [4.69, 9.17) is 13.0 Å². The second kappa shape index (κ2) is 6.22. The Labute approximate surface area is 114 Å². The van der Waals surface area contributed by atoms with Crippen LogP contribution in [0.2, 0.25) is 0 Å². The molecule has 0 atom stereocenters. The highest BCUT2D eigenvalue weighted by Crippen LogP contribution is 2.20. The molecular formula is C9H14F3N3O4S. The first kappa shape index (κ1) is 18.4. The number of hydrogen-bond donors (Lipinski definition) is 0. The van der Waals surface area contributed by atoms with Gasteiger partial charge in [0.05, 0.1) is 14.1 Å². The van der Waals surface area contributed by atoms with Crippen LogP contribution in [0.4, 0.5) is 13.2 Å². The van der Waals surface area contributed by atoms with Crippen molar-refractivity contribution in [3.63, 3.8) is 0 Å². The zero-order valence-corrected chi connectivity index (χ0v) is 12.0. The van der Waals surface area contributed by atoms with E-state index in [0.29, 0.717) is 5.82 Å². The SMILES string of the molecule is CN(C)C(=O)c1n(C)cc[n+]1C.O=S(=O)([O-])C(F)(F)F. The molecule has 0 saturated carbocycles. The van der Waals surface area contributed by atoms with Crippen molar-refractivity contribution in [2.75, 3.05) is 14.1 Å². The number of imidazole rings is 1. The standard InChI is InChI=1S/C8H14N3O.CHF3O3S/c1-9(2)8(12)7-10(3)5-6-11(7)4;2-1(3,4)8(5,6)7/h5-6H,1-4H3;(H,5,6,7)/q+1;/p-1. The first-order valence-electron chi connectivity index (χ1n) is 5.03. The second-order valence-corrected chi connectivity index (χ2v) is 5.31. The molecule has 0 N–H and O–H groups in total. The summed E-state index contributed by atoms with van der Waals surface area (Å²) in [6.45, 7) is 0. The summed E-state index contributed by atoms with van der Waals surface area (Å²) in [5.74, 6) is 0.699. The average Bonchev–Trinajstić information content (AvgIpc) is 2.55. The van der Waals surface area contributed by atoms with Gasteiger partial charge in [0.1, 0.15) is 12.4 Å². The van der Waals surface area contributed by atoms with Crippen LogP contribution in [0, 0.1) is 0 Å². The highest BCUT2D eigenvalue weighted by Gasteiger charge is 2.36. The largest absolute Gasteiger partial charge is 0.741 e. The van der Waals surface area contributed by atoms with E-state index < -0.39 is 15.6 Å². The molecular weight excluding hydrogens is 303 g/mol. The van der Waals surface area contributed by atoms with Crippen LogP contribution in [-0.4, -0.2) is 47.9 Å². The van der Waals surface area contributed by atoms with Crippen molar-refractivity contribution in [1.82, 2.24) is 9.47 Å². The number of halogens is 3. The van der Waals surface area contributed by atoms with Gasteiger partial charge < -0.3 is 9.45 Å². The van der Waals surface area contributed by atoms with Crippen LogP contribution in [0.3, 0.4) is 0 Å². The number of alkyl halides is 3. The Kier molecular flexibility index (Phi) is 5.72. The van der Waals surface area contributed by atoms with E-state index in [1.807, 2.05) is 35.6 Å². The van der Waals surface area contributed by atoms with Gasteiger partial charge in [-0.2, -0.15) is 13.2 Å². The Morgan fingerprint density at radius 1 is 1.40 bits per heavy atom. The number of aryl methyl sites for hydroxylation is 2. The fourth-order valence-electron chi connectivity index (χ4n) is 1.09. The normalized spacial score (nSPS) is 11.6. The predicted molar refractivity (Wildman–Crippen MR) is 60.4 cm³/mol. The van der Waals surface area contributed by atoms with Gasteiger partial charge in [0.15, 0.2) is 10.1 Å². The molecule has 0 aliphatic heterocycles. The maximum atomic E-state index is 11.5. The number of carbonyl (C=O) groups excluding carboxylic acids is 1. The van der Waals surface area contributed by atoms with Crippen LogP contribution in [0.5, 0.6) is 0 Å². The minimum absolute atomic E-state index is 0.0185. The van der Waals surface area contributed by atoms with E-state index in [9.17, 15) is 18.0 Å². The Morgan fingerprint density at radius 2 is 1.80 bits per heavy atom. The predicted octanol–water partition coefficient (Wildman–Crippen LogP) is -0.397. The van der Waals surface area contributed by atoms with E-state index in [2.05, 4.69) is 0 Å². The van der Waals surface area contributed by atoms with Crippen molar-refractivity contribution < 1.29 is 35.5 Å². The summed E-state index contributed by atoms with van der Waals surface area (Å²) in [6, 6.07) is 0. The summed E-state index contributed by atoms with van der Waals surface area (Å²) in [5, 5.41) is 0. The molecule has 0 aliphatic rings. The quantitative estimate of drug-likeness (QED) is 0.401. The molecule has 0 aromatic carbocycles. The minimum Gasteiger partial charge on any atom is -0.741 e. The van der Waals surface area contributed by atoms with E-state index in [1.54, 1.807) is 19.0 Å². The van der Waals surface area contributed by atoms with Gasteiger partial charge in [0, 0.05) is 14.1 Å². The lowest BCUT2D eigenvalue weighted by Crippen LogP contribution is -2.39. The van der Waals surface area contributed by atoms with Gasteiger partial charge in [0.2, 0.25) is 0 Å². The van der Waals surface area contributed by atoms with Gasteiger partial charge >= 0.3 is 17.2 Å². The Balaban J connectivity index is 0.000000396. The van der Waals surface area contributed by atoms with Crippen LogP contribution < -0.4 is 4.57 Å². The number of rotatable bonds is 1. The highest BCUT2D eigenvalue weighted by molar-refractivity contribution is 7.86. The summed E-state index contributed by atoms with van der Waals surface area (Å²) in [6.07, 6.45) is 3.72. The number of hydrogen-bond acceptors (Lipinski definition) is 4. The summed E-state index contributed by atoms with van der Waals surface area (Å²) < 4.78 is 62.5. The van der Waals surface area contributed by atoms with Gasteiger partial charge in [-0.15, -0.1) is 0 Å². The molecule has 0 aliphatic carbocycles. The number of aromatic nitrogens is 2. The second-order valence-electron chi connectivity index (χ2n) is 3.94. The monoisotopic (exact) mass is 317 g/mol. The lowest BCUT2D eigenvalue weighted by molar-refractivity contribution is -0.673. The third-order valence-electron chi connectivity index (χ3n) is 2.06. The van der Waals surface area contributed by atoms with Crippen molar-refractivity contribution >= 4 is 16.0 Å². The molecule has 116 valence electrons. The van der Waals surface area contributed by atoms with Crippen LogP contribution >= 0.6 is 0 Å². The van der Waals surface area contributed by atoms with Crippen molar-refractivity contribution in [3.8, 4) is 0 Å². The Morgan fingerprint density at radius 3 is 2.00 bits per heavy atom. The fraction of sp³-hybridized carbons (Fsp3) is 0.556. The van der Waals surface area contributed by atoms with Crippen molar-refractivity contribution in [2.45, 2.75) is 5.51 Å². The molecule has 0 unspecified atom stereocenters. The molecule has 7 nitrogen and oxygen atoms in total. The van der Waals surface area contributed by atoms with Gasteiger partial charge in [-0.25, -0.2) is 17.6 Å². The Hall–Kier alpha value is -1.62. The summed E-state index contributed by atoms with van der Waals surface area (Å²) in [7, 11) is 1.12. The van der Waals surface area contributed by atoms with Crippen LogP contribution in [0.15, 0.2) is 12.4 Å². The fourth-order valence-corrected chi connectivity index (χ4v) is 1.09. The third-order valence-corrected chi connectivity index (χ3v) is 2.63. The summed E-state index contributed by atoms with van der Waals surface area (Å²) in [4.78, 5) is 13.1. The number of nitrogens with zero attached hydrogens (tertiary/aromatic N) is 3. The van der Waals surface area contributed by atoms with Crippen molar-refractivity contribution in [1.29, 1.82) is 0 Å². The lowest BCUT2D eigenvalue weighted by Gasteiger charge is -2.08. The molecule has 0 fully saturated rings. The molecule has 20 heavy (non-hydrogen) atoms. The van der Waals surface area contributed by atoms with Crippen LogP contribution in [0.1, 0.15) is 10.6 Å². The number of carbonyl (C=O) groups is 1. The van der Waals surface area contributed by atoms with Crippen molar-refractivity contribution in [2.24, 2.45) is 14.1 Å². The van der Waals surface area contributed by atoms with E-state index in [1.165, 1.54) is 0 Å². The smallest absolute Gasteiger partial charge is 0.485 e. The molecule has 1 aromatic heterocycles. The number of amides is 1. The summed E-state index contributed by atoms with van der Waals surface area (Å²) in [5.41, 5.74) is -5.65. The lowest BCUT2D eigenvalue weighted by atomic mass is 10.5.